The van der Waals surface area contributed by atoms with E-state index in [1.165, 1.54) is 12.4 Å². The first-order chi connectivity index (χ1) is 14.8. The van der Waals surface area contributed by atoms with Crippen molar-refractivity contribution in [3.8, 4) is 0 Å². The molecule has 0 radical (unpaired) electrons. The molecule has 0 saturated carbocycles. The average molecular weight is 439 g/mol. The Labute approximate surface area is 173 Å². The quantitative estimate of drug-likeness (QED) is 0.582. The molecule has 5 heterocycles. The number of anilines is 2. The van der Waals surface area contributed by atoms with Crippen LogP contribution in [0.25, 0.3) is 11.2 Å². The minimum Gasteiger partial charge on any atom is -0.354 e. The van der Waals surface area contributed by atoms with Gasteiger partial charge in [-0.05, 0) is 18.6 Å². The summed E-state index contributed by atoms with van der Waals surface area (Å²) < 4.78 is 65.9. The monoisotopic (exact) mass is 439 g/mol. The third-order valence-electron chi connectivity index (χ3n) is 5.88. The lowest BCUT2D eigenvalue weighted by Gasteiger charge is -2.26. The van der Waals surface area contributed by atoms with Gasteiger partial charge in [-0.2, -0.15) is 18.3 Å². The van der Waals surface area contributed by atoms with Crippen LogP contribution in [0.1, 0.15) is 12.0 Å². The molecule has 2 saturated heterocycles. The average Bonchev–Trinajstić information content (AvgIpc) is 3.41. The molecule has 3 aromatic heterocycles. The number of pyridine rings is 1. The molecule has 31 heavy (non-hydrogen) atoms. The summed E-state index contributed by atoms with van der Waals surface area (Å²) in [5, 5.41) is 3.93. The molecule has 3 aromatic rings. The van der Waals surface area contributed by atoms with Crippen LogP contribution >= 0.6 is 0 Å². The number of fused-ring (bicyclic) bond motifs is 2. The highest BCUT2D eigenvalue weighted by atomic mass is 19.4. The van der Waals surface area contributed by atoms with Crippen molar-refractivity contribution in [2.75, 3.05) is 29.4 Å². The Bertz CT molecular complexity index is 1100. The van der Waals surface area contributed by atoms with Gasteiger partial charge in [-0.1, -0.05) is 0 Å². The van der Waals surface area contributed by atoms with Crippen LogP contribution in [-0.4, -0.2) is 56.8 Å². The van der Waals surface area contributed by atoms with Gasteiger partial charge in [0.2, 0.25) is 0 Å². The summed E-state index contributed by atoms with van der Waals surface area (Å²) in [6.45, 7) is 1.23. The van der Waals surface area contributed by atoms with Crippen molar-refractivity contribution >= 4 is 22.8 Å². The fourth-order valence-corrected chi connectivity index (χ4v) is 4.44. The lowest BCUT2D eigenvalue weighted by Crippen LogP contribution is -2.36. The van der Waals surface area contributed by atoms with Crippen molar-refractivity contribution < 1.29 is 22.0 Å². The normalized spacial score (nSPS) is 21.5. The zero-order chi connectivity index (χ0) is 21.8. The number of hydrogen-bond acceptors (Lipinski definition) is 6. The van der Waals surface area contributed by atoms with E-state index in [9.17, 15) is 22.0 Å². The smallest absolute Gasteiger partial charge is 0.354 e. The molecule has 2 aliphatic rings. The van der Waals surface area contributed by atoms with Gasteiger partial charge in [-0.15, -0.1) is 0 Å². The maximum Gasteiger partial charge on any atom is 0.416 e. The molecule has 164 valence electrons. The van der Waals surface area contributed by atoms with Gasteiger partial charge < -0.3 is 9.80 Å². The minimum absolute atomic E-state index is 0.0227. The summed E-state index contributed by atoms with van der Waals surface area (Å²) in [6.07, 6.45) is -1.98. The van der Waals surface area contributed by atoms with Crippen molar-refractivity contribution in [1.29, 1.82) is 0 Å². The summed E-state index contributed by atoms with van der Waals surface area (Å²) in [5.74, 6) is 1.08. The molecular formula is C19H18F5N7. The summed E-state index contributed by atoms with van der Waals surface area (Å²) >= 11 is 0. The topological polar surface area (TPSA) is 63.0 Å². The summed E-state index contributed by atoms with van der Waals surface area (Å²) in [4.78, 5) is 16.8. The molecule has 0 spiro atoms. The Morgan fingerprint density at radius 3 is 2.71 bits per heavy atom. The van der Waals surface area contributed by atoms with Gasteiger partial charge in [-0.3, -0.25) is 0 Å². The second-order valence-electron chi connectivity index (χ2n) is 7.77. The fraction of sp³-hybridized carbons (Fsp3) is 0.474. The van der Waals surface area contributed by atoms with E-state index in [2.05, 4.69) is 20.1 Å². The first-order valence-corrected chi connectivity index (χ1v) is 9.81. The summed E-state index contributed by atoms with van der Waals surface area (Å²) in [5.41, 5.74) is -0.00737. The van der Waals surface area contributed by atoms with E-state index in [4.69, 9.17) is 0 Å². The number of rotatable bonds is 4. The molecule has 0 aromatic carbocycles. The molecule has 2 fully saturated rings. The third-order valence-corrected chi connectivity index (χ3v) is 5.88. The van der Waals surface area contributed by atoms with Gasteiger partial charge in [0.1, 0.15) is 23.7 Å². The molecule has 0 bridgehead atoms. The Hall–Kier alpha value is -3.05. The standard InChI is InChI=1S/C19H18F5N7/c20-15(21)10-31-18-13(6-27-31)26-7-17(28-18)30-4-2-11-8-29(9-14(11)30)16-5-12(1-3-25-16)19(22,23)24/h1,3,5-7,11,14-15H,2,4,8-10H2/t11-,14+/m0/s1. The van der Waals surface area contributed by atoms with Crippen molar-refractivity contribution in [1.82, 2.24) is 24.7 Å². The molecule has 0 unspecified atom stereocenters. The molecule has 0 aliphatic carbocycles. The van der Waals surface area contributed by atoms with Gasteiger partial charge in [-0.25, -0.2) is 28.4 Å². The highest BCUT2D eigenvalue weighted by Gasteiger charge is 2.43. The Morgan fingerprint density at radius 2 is 1.94 bits per heavy atom. The summed E-state index contributed by atoms with van der Waals surface area (Å²) in [7, 11) is 0. The lowest BCUT2D eigenvalue weighted by atomic mass is 10.1. The zero-order valence-corrected chi connectivity index (χ0v) is 16.2. The highest BCUT2D eigenvalue weighted by Crippen LogP contribution is 2.37. The molecule has 2 aliphatic heterocycles. The number of aromatic nitrogens is 5. The Morgan fingerprint density at radius 1 is 1.10 bits per heavy atom. The van der Waals surface area contributed by atoms with E-state index in [0.29, 0.717) is 36.8 Å². The number of hydrogen-bond donors (Lipinski definition) is 0. The van der Waals surface area contributed by atoms with E-state index >= 15 is 0 Å². The van der Waals surface area contributed by atoms with E-state index < -0.39 is 24.7 Å². The Balaban J connectivity index is 1.39. The van der Waals surface area contributed by atoms with Crippen molar-refractivity contribution in [3.05, 3.63) is 36.3 Å². The first kappa shape index (κ1) is 19.9. The molecule has 2 atom stereocenters. The van der Waals surface area contributed by atoms with Crippen molar-refractivity contribution in [3.63, 3.8) is 0 Å². The number of halogens is 5. The lowest BCUT2D eigenvalue weighted by molar-refractivity contribution is -0.137. The third kappa shape index (κ3) is 3.63. The predicted octanol–water partition coefficient (Wildman–Crippen LogP) is 3.22. The van der Waals surface area contributed by atoms with Crippen molar-refractivity contribution in [2.24, 2.45) is 5.92 Å². The number of alkyl halides is 5. The largest absolute Gasteiger partial charge is 0.416 e. The van der Waals surface area contributed by atoms with E-state index in [-0.39, 0.29) is 17.6 Å². The molecule has 5 rings (SSSR count). The van der Waals surface area contributed by atoms with Crippen molar-refractivity contribution in [2.45, 2.75) is 31.6 Å². The van der Waals surface area contributed by atoms with Gasteiger partial charge in [0, 0.05) is 31.7 Å². The molecular weight excluding hydrogens is 421 g/mol. The van der Waals surface area contributed by atoms with E-state index in [1.807, 2.05) is 9.80 Å². The maximum atomic E-state index is 13.1. The predicted molar refractivity (Wildman–Crippen MR) is 102 cm³/mol. The Kier molecular flexibility index (Phi) is 4.67. The SMILES string of the molecule is FC(F)Cn1ncc2ncc(N3CC[C@H]4CN(c5cc(C(F)(F)F)ccn5)C[C@H]43)nc21. The van der Waals surface area contributed by atoms with E-state index in [0.717, 1.165) is 23.2 Å². The second kappa shape index (κ2) is 7.27. The summed E-state index contributed by atoms with van der Waals surface area (Å²) in [6, 6.07) is 2.05. The second-order valence-corrected chi connectivity index (χ2v) is 7.77. The van der Waals surface area contributed by atoms with Crippen LogP contribution in [0, 0.1) is 5.92 Å². The molecule has 12 heteroatoms. The van der Waals surface area contributed by atoms with Crippen LogP contribution in [0.5, 0.6) is 0 Å². The highest BCUT2D eigenvalue weighted by molar-refractivity contribution is 5.71. The van der Waals surface area contributed by atoms with Crippen LogP contribution in [0.3, 0.4) is 0 Å². The maximum absolute atomic E-state index is 13.1. The molecule has 7 nitrogen and oxygen atoms in total. The van der Waals surface area contributed by atoms with E-state index in [1.54, 1.807) is 6.20 Å². The number of nitrogens with zero attached hydrogens (tertiary/aromatic N) is 7. The van der Waals surface area contributed by atoms with Crippen LogP contribution in [0.2, 0.25) is 0 Å². The van der Waals surface area contributed by atoms with Crippen LogP contribution in [0.4, 0.5) is 33.6 Å². The first-order valence-electron chi connectivity index (χ1n) is 9.81. The van der Waals surface area contributed by atoms with Gasteiger partial charge in [0.15, 0.2) is 5.65 Å². The minimum atomic E-state index is -4.43. The fourth-order valence-electron chi connectivity index (χ4n) is 4.44. The van der Waals surface area contributed by atoms with Gasteiger partial charge >= 0.3 is 6.18 Å². The zero-order valence-electron chi connectivity index (χ0n) is 16.2. The molecule has 0 N–H and O–H groups in total. The van der Waals surface area contributed by atoms with Gasteiger partial charge in [0.25, 0.3) is 6.43 Å². The van der Waals surface area contributed by atoms with Crippen LogP contribution in [-0.2, 0) is 12.7 Å². The van der Waals surface area contributed by atoms with Crippen LogP contribution < -0.4 is 9.80 Å². The van der Waals surface area contributed by atoms with Crippen LogP contribution in [0.15, 0.2) is 30.7 Å². The molecule has 0 amide bonds. The van der Waals surface area contributed by atoms with Gasteiger partial charge in [0.05, 0.1) is 24.0 Å².